The van der Waals surface area contributed by atoms with E-state index in [0.29, 0.717) is 5.56 Å². The predicted octanol–water partition coefficient (Wildman–Crippen LogP) is 4.20. The number of benzene rings is 3. The van der Waals surface area contributed by atoms with Crippen LogP contribution in [0.25, 0.3) is 16.8 Å². The minimum absolute atomic E-state index is 0.0150. The maximum Gasteiger partial charge on any atom is 0.226 e. The molecule has 30 heavy (non-hydrogen) atoms. The first-order valence-electron chi connectivity index (χ1n) is 9.60. The fourth-order valence-corrected chi connectivity index (χ4v) is 4.58. The molecular weight excluding hydrogens is 400 g/mol. The summed E-state index contributed by atoms with van der Waals surface area (Å²) in [5.41, 5.74) is 1.18. The Morgan fingerprint density at radius 1 is 0.967 bits per heavy atom. The van der Waals surface area contributed by atoms with E-state index in [1.165, 1.54) is 24.3 Å². The Bertz CT molecular complexity index is 1380. The molecule has 0 aliphatic carbocycles. The van der Waals surface area contributed by atoms with Gasteiger partial charge in [-0.1, -0.05) is 60.2 Å². The number of rotatable bonds is 5. The van der Waals surface area contributed by atoms with Crippen LogP contribution in [-0.4, -0.2) is 29.6 Å². The lowest BCUT2D eigenvalue weighted by Crippen LogP contribution is -2.06. The SMILES string of the molecule is [2H]C(=O)c1c(-c2ccccc2)c(S(=O)(=O)c2ccc(C)cc2)nn1-c1ccccc1O. The summed E-state index contributed by atoms with van der Waals surface area (Å²) in [7, 11) is -4.14. The summed E-state index contributed by atoms with van der Waals surface area (Å²) in [5.74, 6) is -0.202. The predicted molar refractivity (Wildman–Crippen MR) is 113 cm³/mol. The molecule has 0 fully saturated rings. The monoisotopic (exact) mass is 419 g/mol. The molecule has 3 aromatic carbocycles. The molecule has 150 valence electrons. The Morgan fingerprint density at radius 3 is 2.23 bits per heavy atom. The minimum atomic E-state index is -4.14. The standard InChI is InChI=1S/C23H18N2O4S/c1-16-11-13-18(14-12-16)30(28,29)23-22(17-7-3-2-4-8-17)20(15-26)25(24-23)19-9-5-6-10-21(19)27/h2-15,27H,1H3/i15D. The van der Waals surface area contributed by atoms with Crippen molar-refractivity contribution in [2.45, 2.75) is 16.8 Å². The van der Waals surface area contributed by atoms with Gasteiger partial charge in [0.15, 0.2) is 11.3 Å². The van der Waals surface area contributed by atoms with E-state index >= 15 is 0 Å². The molecule has 0 amide bonds. The highest BCUT2D eigenvalue weighted by atomic mass is 32.2. The fourth-order valence-electron chi connectivity index (χ4n) is 3.19. The lowest BCUT2D eigenvalue weighted by Gasteiger charge is -2.06. The first kappa shape index (κ1) is 18.3. The molecule has 4 aromatic rings. The number of carbonyl (C=O) groups excluding carboxylic acids is 1. The van der Waals surface area contributed by atoms with Crippen LogP contribution in [0.15, 0.2) is 88.8 Å². The van der Waals surface area contributed by atoms with Gasteiger partial charge in [-0.05, 0) is 36.8 Å². The van der Waals surface area contributed by atoms with Gasteiger partial charge in [-0.2, -0.15) is 5.10 Å². The molecule has 7 heteroatoms. The van der Waals surface area contributed by atoms with Gasteiger partial charge in [0, 0.05) is 0 Å². The first-order chi connectivity index (χ1) is 14.8. The van der Waals surface area contributed by atoms with E-state index in [1.54, 1.807) is 54.6 Å². The van der Waals surface area contributed by atoms with Crippen LogP contribution in [-0.2, 0) is 9.84 Å². The Labute approximate surface area is 175 Å². The number of nitrogens with zero attached hydrogens (tertiary/aromatic N) is 2. The number of aromatic nitrogens is 2. The van der Waals surface area contributed by atoms with Crippen molar-refractivity contribution in [1.29, 1.82) is 0 Å². The summed E-state index contributed by atoms with van der Waals surface area (Å²) in [6, 6.07) is 20.8. The van der Waals surface area contributed by atoms with Crippen LogP contribution in [0, 0.1) is 6.92 Å². The van der Waals surface area contributed by atoms with Crippen molar-refractivity contribution >= 4 is 16.1 Å². The minimum Gasteiger partial charge on any atom is -0.506 e. The molecule has 1 heterocycles. The van der Waals surface area contributed by atoms with Gasteiger partial charge in [0.25, 0.3) is 0 Å². The normalized spacial score (nSPS) is 11.8. The highest BCUT2D eigenvalue weighted by molar-refractivity contribution is 7.91. The molecule has 4 rings (SSSR count). The zero-order valence-electron chi connectivity index (χ0n) is 17.0. The van der Waals surface area contributed by atoms with E-state index < -0.39 is 16.1 Å². The lowest BCUT2D eigenvalue weighted by atomic mass is 10.1. The molecule has 1 aromatic heterocycles. The van der Waals surface area contributed by atoms with Crippen molar-refractivity contribution in [3.63, 3.8) is 0 Å². The molecule has 0 bridgehead atoms. The third-order valence-corrected chi connectivity index (χ3v) is 6.40. The van der Waals surface area contributed by atoms with Gasteiger partial charge < -0.3 is 5.11 Å². The van der Waals surface area contributed by atoms with E-state index in [2.05, 4.69) is 5.10 Å². The molecule has 0 radical (unpaired) electrons. The van der Waals surface area contributed by atoms with Gasteiger partial charge in [-0.3, -0.25) is 4.79 Å². The number of hydrogen-bond donors (Lipinski definition) is 1. The van der Waals surface area contributed by atoms with Gasteiger partial charge in [0.2, 0.25) is 9.84 Å². The molecule has 0 aliphatic rings. The van der Waals surface area contributed by atoms with Gasteiger partial charge >= 0.3 is 0 Å². The summed E-state index contributed by atoms with van der Waals surface area (Å²) in [6.07, 6.45) is -1.13. The van der Waals surface area contributed by atoms with Gasteiger partial charge in [-0.25, -0.2) is 13.1 Å². The highest BCUT2D eigenvalue weighted by Crippen LogP contribution is 2.35. The number of aldehydes is 1. The molecule has 0 spiro atoms. The van der Waals surface area contributed by atoms with Crippen LogP contribution in [0.5, 0.6) is 5.75 Å². The van der Waals surface area contributed by atoms with Crippen molar-refractivity contribution in [3.8, 4) is 22.6 Å². The molecular formula is C23H18N2O4S. The van der Waals surface area contributed by atoms with Crippen LogP contribution in [0.1, 0.15) is 17.4 Å². The number of aromatic hydroxyl groups is 1. The van der Waals surface area contributed by atoms with Gasteiger partial charge in [0.1, 0.15) is 18.5 Å². The zero-order chi connectivity index (χ0) is 22.2. The smallest absolute Gasteiger partial charge is 0.226 e. The van der Waals surface area contributed by atoms with E-state index in [4.69, 9.17) is 1.37 Å². The molecule has 0 aliphatic heterocycles. The summed E-state index contributed by atoms with van der Waals surface area (Å²) >= 11 is 0. The van der Waals surface area contributed by atoms with E-state index in [9.17, 15) is 18.3 Å². The second kappa shape index (κ2) is 7.61. The third-order valence-electron chi connectivity index (χ3n) is 4.71. The van der Waals surface area contributed by atoms with Crippen LogP contribution in [0.3, 0.4) is 0 Å². The molecule has 0 saturated carbocycles. The quantitative estimate of drug-likeness (QED) is 0.490. The summed E-state index contributed by atoms with van der Waals surface area (Å²) in [6.45, 7) is 1.84. The Morgan fingerprint density at radius 2 is 1.60 bits per heavy atom. The molecule has 0 unspecified atom stereocenters. The van der Waals surface area contributed by atoms with E-state index in [0.717, 1.165) is 10.2 Å². The Kier molecular flexibility index (Phi) is 4.65. The molecule has 0 saturated heterocycles. The average molecular weight is 419 g/mol. The number of hydrogen-bond acceptors (Lipinski definition) is 5. The zero-order valence-corrected chi connectivity index (χ0v) is 16.8. The third kappa shape index (κ3) is 3.29. The first-order valence-corrected chi connectivity index (χ1v) is 10.6. The lowest BCUT2D eigenvalue weighted by molar-refractivity contribution is 0.111. The topological polar surface area (TPSA) is 89.3 Å². The van der Waals surface area contributed by atoms with Crippen molar-refractivity contribution in [1.82, 2.24) is 9.78 Å². The van der Waals surface area contributed by atoms with Crippen molar-refractivity contribution in [2.75, 3.05) is 0 Å². The van der Waals surface area contributed by atoms with Crippen molar-refractivity contribution in [2.24, 2.45) is 0 Å². The van der Waals surface area contributed by atoms with E-state index in [-0.39, 0.29) is 32.6 Å². The van der Waals surface area contributed by atoms with Crippen LogP contribution in [0.4, 0.5) is 0 Å². The molecule has 6 nitrogen and oxygen atoms in total. The van der Waals surface area contributed by atoms with Gasteiger partial charge in [-0.15, -0.1) is 0 Å². The number of carbonyl (C=O) groups is 1. The Hall–Kier alpha value is -3.71. The van der Waals surface area contributed by atoms with Crippen LogP contribution >= 0.6 is 0 Å². The maximum atomic E-state index is 13.5. The average Bonchev–Trinajstić information content (AvgIpc) is 3.16. The number of sulfone groups is 1. The van der Waals surface area contributed by atoms with Crippen LogP contribution in [0.2, 0.25) is 0 Å². The summed E-state index contributed by atoms with van der Waals surface area (Å²) in [5, 5.41) is 14.2. The number of para-hydroxylation sites is 2. The maximum absolute atomic E-state index is 13.5. The number of aryl methyl sites for hydroxylation is 1. The fraction of sp³-hybridized carbons (Fsp3) is 0.0435. The molecule has 0 atom stereocenters. The Balaban J connectivity index is 2.10. The van der Waals surface area contributed by atoms with Crippen molar-refractivity contribution in [3.05, 3.63) is 90.1 Å². The number of phenols is 1. The second-order valence-corrected chi connectivity index (χ2v) is 8.58. The highest BCUT2D eigenvalue weighted by Gasteiger charge is 2.31. The van der Waals surface area contributed by atoms with Crippen LogP contribution < -0.4 is 0 Å². The molecule has 1 N–H and O–H groups in total. The second-order valence-electron chi connectivity index (χ2n) is 6.71. The number of phenolic OH excluding ortho intramolecular Hbond substituents is 1. The summed E-state index contributed by atoms with van der Waals surface area (Å²) < 4.78 is 35.9. The van der Waals surface area contributed by atoms with E-state index in [1.807, 2.05) is 6.92 Å². The largest absolute Gasteiger partial charge is 0.506 e. The van der Waals surface area contributed by atoms with Crippen molar-refractivity contribution < 1.29 is 19.7 Å². The van der Waals surface area contributed by atoms with Gasteiger partial charge in [0.05, 0.1) is 10.5 Å². The summed E-state index contributed by atoms with van der Waals surface area (Å²) in [4.78, 5) is 12.4.